The van der Waals surface area contributed by atoms with Crippen LogP contribution < -0.4 is 0 Å². The summed E-state index contributed by atoms with van der Waals surface area (Å²) >= 11 is 0. The molecule has 0 aliphatic heterocycles. The van der Waals surface area contributed by atoms with Crippen LogP contribution in [0.4, 0.5) is 0 Å². The fraction of sp³-hybridized carbons (Fsp3) is 0.364. The van der Waals surface area contributed by atoms with Crippen molar-refractivity contribution in [2.24, 2.45) is 0 Å². The number of aryl methyl sites for hydroxylation is 1. The zero-order chi connectivity index (χ0) is 10.4. The monoisotopic (exact) mass is 194 g/mol. The first-order chi connectivity index (χ1) is 6.77. The molecule has 0 bridgehead atoms. The molecule has 1 N–H and O–H groups in total. The quantitative estimate of drug-likeness (QED) is 0.737. The van der Waals surface area contributed by atoms with E-state index in [1.165, 1.54) is 5.56 Å². The average molecular weight is 194 g/mol. The summed E-state index contributed by atoms with van der Waals surface area (Å²) in [6.45, 7) is 1.96. The zero-order valence-electron chi connectivity index (χ0n) is 8.19. The summed E-state index contributed by atoms with van der Waals surface area (Å²) in [7, 11) is 0. The molecule has 0 fully saturated rings. The number of carbonyl (C=O) groups is 1. The van der Waals surface area contributed by atoms with Gasteiger partial charge < -0.3 is 9.84 Å². The van der Waals surface area contributed by atoms with Gasteiger partial charge in [0.25, 0.3) is 0 Å². The molecule has 0 heterocycles. The lowest BCUT2D eigenvalue weighted by Gasteiger charge is -2.03. The van der Waals surface area contributed by atoms with Crippen LogP contribution in [-0.4, -0.2) is 24.3 Å². The minimum absolute atomic E-state index is 0.0500. The number of aliphatic hydroxyl groups is 1. The maximum Gasteiger partial charge on any atom is 0.338 e. The first kappa shape index (κ1) is 10.7. The smallest absolute Gasteiger partial charge is 0.338 e. The summed E-state index contributed by atoms with van der Waals surface area (Å²) in [6, 6.07) is 7.27. The predicted octanol–water partition coefficient (Wildman–Crippen LogP) is 1.40. The van der Waals surface area contributed by atoms with Gasteiger partial charge in [-0.3, -0.25) is 0 Å². The van der Waals surface area contributed by atoms with Crippen LogP contribution in [0.2, 0.25) is 0 Å². The first-order valence-electron chi connectivity index (χ1n) is 4.65. The molecule has 3 heteroatoms. The number of esters is 1. The Kier molecular flexibility index (Phi) is 4.13. The summed E-state index contributed by atoms with van der Waals surface area (Å²) in [5.74, 6) is -0.387. The van der Waals surface area contributed by atoms with Gasteiger partial charge in [-0.2, -0.15) is 0 Å². The van der Waals surface area contributed by atoms with Crippen molar-refractivity contribution >= 4 is 5.97 Å². The van der Waals surface area contributed by atoms with Gasteiger partial charge in [-0.15, -0.1) is 0 Å². The Hall–Kier alpha value is -1.35. The molecule has 0 radical (unpaired) electrons. The molecule has 0 aromatic heterocycles. The van der Waals surface area contributed by atoms with E-state index in [1.807, 2.05) is 12.1 Å². The van der Waals surface area contributed by atoms with E-state index in [0.29, 0.717) is 5.56 Å². The van der Waals surface area contributed by atoms with Crippen molar-refractivity contribution in [1.82, 2.24) is 0 Å². The molecule has 0 amide bonds. The standard InChI is InChI=1S/C11H14O3/c1-2-9-3-5-10(6-4-9)11(13)14-8-7-12/h3-6,12H,2,7-8H2,1H3. The molecule has 0 spiro atoms. The van der Waals surface area contributed by atoms with Crippen LogP contribution in [0, 0.1) is 0 Å². The van der Waals surface area contributed by atoms with Crippen LogP contribution in [0.15, 0.2) is 24.3 Å². The third kappa shape index (κ3) is 2.85. The van der Waals surface area contributed by atoms with Crippen LogP contribution >= 0.6 is 0 Å². The van der Waals surface area contributed by atoms with Gasteiger partial charge in [0.05, 0.1) is 12.2 Å². The third-order valence-corrected chi connectivity index (χ3v) is 1.92. The highest BCUT2D eigenvalue weighted by atomic mass is 16.5. The molecule has 0 aliphatic rings. The first-order valence-corrected chi connectivity index (χ1v) is 4.65. The van der Waals surface area contributed by atoms with Gasteiger partial charge in [0.1, 0.15) is 6.61 Å². The van der Waals surface area contributed by atoms with Gasteiger partial charge in [-0.1, -0.05) is 19.1 Å². The topological polar surface area (TPSA) is 46.5 Å². The van der Waals surface area contributed by atoms with Gasteiger partial charge in [-0.05, 0) is 24.1 Å². The normalized spacial score (nSPS) is 9.86. The minimum Gasteiger partial charge on any atom is -0.460 e. The maximum atomic E-state index is 11.3. The second-order valence-corrected chi connectivity index (χ2v) is 2.91. The van der Waals surface area contributed by atoms with Gasteiger partial charge in [0.15, 0.2) is 0 Å². The molecule has 76 valence electrons. The summed E-state index contributed by atoms with van der Waals surface area (Å²) < 4.78 is 4.76. The van der Waals surface area contributed by atoms with E-state index in [9.17, 15) is 4.79 Å². The summed E-state index contributed by atoms with van der Waals surface area (Å²) in [5, 5.41) is 8.47. The van der Waals surface area contributed by atoms with E-state index >= 15 is 0 Å². The Bertz CT molecular complexity index is 290. The van der Waals surface area contributed by atoms with E-state index in [1.54, 1.807) is 12.1 Å². The lowest BCUT2D eigenvalue weighted by atomic mass is 10.1. The second-order valence-electron chi connectivity index (χ2n) is 2.91. The van der Waals surface area contributed by atoms with Crippen molar-refractivity contribution in [1.29, 1.82) is 0 Å². The van der Waals surface area contributed by atoms with Crippen molar-refractivity contribution in [3.8, 4) is 0 Å². The molecule has 0 aliphatic carbocycles. The van der Waals surface area contributed by atoms with Gasteiger partial charge in [-0.25, -0.2) is 4.79 Å². The van der Waals surface area contributed by atoms with Crippen LogP contribution in [0.1, 0.15) is 22.8 Å². The molecule has 1 aromatic rings. The van der Waals surface area contributed by atoms with Crippen molar-refractivity contribution in [3.05, 3.63) is 35.4 Å². The largest absolute Gasteiger partial charge is 0.460 e. The van der Waals surface area contributed by atoms with Crippen molar-refractivity contribution in [3.63, 3.8) is 0 Å². The number of aliphatic hydroxyl groups excluding tert-OH is 1. The second kappa shape index (κ2) is 5.40. The Balaban J connectivity index is 2.62. The van der Waals surface area contributed by atoms with Crippen LogP contribution in [0.25, 0.3) is 0 Å². The fourth-order valence-electron chi connectivity index (χ4n) is 1.10. The Morgan fingerprint density at radius 2 is 2.00 bits per heavy atom. The highest BCUT2D eigenvalue weighted by Gasteiger charge is 2.05. The zero-order valence-corrected chi connectivity index (χ0v) is 8.19. The summed E-state index contributed by atoms with van der Waals surface area (Å²) in [5.41, 5.74) is 1.71. The Labute approximate surface area is 83.3 Å². The van der Waals surface area contributed by atoms with Gasteiger partial charge in [0, 0.05) is 0 Å². The lowest BCUT2D eigenvalue weighted by Crippen LogP contribution is -2.08. The average Bonchev–Trinajstić information content (AvgIpc) is 2.26. The predicted molar refractivity (Wildman–Crippen MR) is 53.2 cm³/mol. The van der Waals surface area contributed by atoms with E-state index in [2.05, 4.69) is 6.92 Å². The van der Waals surface area contributed by atoms with E-state index in [0.717, 1.165) is 6.42 Å². The number of carbonyl (C=O) groups excluding carboxylic acids is 1. The molecule has 0 atom stereocenters. The molecule has 0 unspecified atom stereocenters. The van der Waals surface area contributed by atoms with Crippen LogP contribution in [0.3, 0.4) is 0 Å². The van der Waals surface area contributed by atoms with Gasteiger partial charge >= 0.3 is 5.97 Å². The SMILES string of the molecule is CCc1ccc(C(=O)OCCO)cc1. The molecule has 3 nitrogen and oxygen atoms in total. The Morgan fingerprint density at radius 3 is 2.50 bits per heavy atom. The minimum atomic E-state index is -0.387. The van der Waals surface area contributed by atoms with E-state index in [4.69, 9.17) is 9.84 Å². The van der Waals surface area contributed by atoms with Crippen LogP contribution in [0.5, 0.6) is 0 Å². The highest BCUT2D eigenvalue weighted by molar-refractivity contribution is 5.89. The summed E-state index contributed by atoms with van der Waals surface area (Å²) in [6.07, 6.45) is 0.950. The number of benzene rings is 1. The van der Waals surface area contributed by atoms with Crippen molar-refractivity contribution in [2.75, 3.05) is 13.2 Å². The molecule has 14 heavy (non-hydrogen) atoms. The molecule has 1 aromatic carbocycles. The number of hydrogen-bond acceptors (Lipinski definition) is 3. The summed E-state index contributed by atoms with van der Waals surface area (Å²) in [4.78, 5) is 11.3. The fourth-order valence-corrected chi connectivity index (χ4v) is 1.10. The molecule has 0 saturated heterocycles. The van der Waals surface area contributed by atoms with E-state index < -0.39 is 0 Å². The van der Waals surface area contributed by atoms with Crippen LogP contribution in [-0.2, 0) is 11.2 Å². The van der Waals surface area contributed by atoms with Gasteiger partial charge in [0.2, 0.25) is 0 Å². The van der Waals surface area contributed by atoms with E-state index in [-0.39, 0.29) is 19.2 Å². The number of ether oxygens (including phenoxy) is 1. The number of hydrogen-bond donors (Lipinski definition) is 1. The number of rotatable bonds is 4. The molecular formula is C11H14O3. The molecular weight excluding hydrogens is 180 g/mol. The molecule has 1 rings (SSSR count). The third-order valence-electron chi connectivity index (χ3n) is 1.92. The molecule has 0 saturated carbocycles. The highest BCUT2D eigenvalue weighted by Crippen LogP contribution is 2.06. The maximum absolute atomic E-state index is 11.3. The van der Waals surface area contributed by atoms with Crippen molar-refractivity contribution in [2.45, 2.75) is 13.3 Å². The lowest BCUT2D eigenvalue weighted by molar-refractivity contribution is 0.0434. The van der Waals surface area contributed by atoms with Crippen molar-refractivity contribution < 1.29 is 14.6 Å². The Morgan fingerprint density at radius 1 is 1.36 bits per heavy atom.